The molecule has 0 aliphatic heterocycles. The van der Waals surface area contributed by atoms with E-state index in [9.17, 15) is 9.90 Å². The number of hydrogen-bond donors (Lipinski definition) is 2. The van der Waals surface area contributed by atoms with Gasteiger partial charge in [-0.1, -0.05) is 34.7 Å². The summed E-state index contributed by atoms with van der Waals surface area (Å²) in [7, 11) is 0. The Kier molecular flexibility index (Phi) is 3.99. The van der Waals surface area contributed by atoms with Crippen molar-refractivity contribution in [3.8, 4) is 11.5 Å². The first-order valence-corrected chi connectivity index (χ1v) is 5.45. The van der Waals surface area contributed by atoms with Gasteiger partial charge in [0.2, 0.25) is 0 Å². The number of aryl methyl sites for hydroxylation is 1. The van der Waals surface area contributed by atoms with Gasteiger partial charge in [-0.15, -0.1) is 0 Å². The predicted molar refractivity (Wildman–Crippen MR) is 59.4 cm³/mol. The molecule has 0 aliphatic rings. The second-order valence-corrected chi connectivity index (χ2v) is 3.65. The fraction of sp³-hybridized carbons (Fsp3) is 0.222. The van der Waals surface area contributed by atoms with Crippen LogP contribution in [0, 0.1) is 0 Å². The van der Waals surface area contributed by atoms with Crippen molar-refractivity contribution in [2.24, 2.45) is 0 Å². The van der Waals surface area contributed by atoms with Crippen molar-refractivity contribution in [1.82, 2.24) is 0 Å². The van der Waals surface area contributed by atoms with E-state index in [2.05, 4.69) is 27.3 Å². The van der Waals surface area contributed by atoms with Gasteiger partial charge >= 0.3 is 6.16 Å². The lowest BCUT2D eigenvalue weighted by molar-refractivity contribution is 0.143. The molecule has 0 saturated carbocycles. The minimum atomic E-state index is -1.42. The fourth-order valence-electron chi connectivity index (χ4n) is 1.05. The number of benzene rings is 1. The van der Waals surface area contributed by atoms with Crippen molar-refractivity contribution in [3.63, 3.8) is 0 Å². The fourth-order valence-corrected chi connectivity index (χ4v) is 1.63. The molecule has 4 nitrogen and oxygen atoms in total. The Morgan fingerprint density at radius 1 is 1.50 bits per heavy atom. The van der Waals surface area contributed by atoms with E-state index in [1.54, 1.807) is 12.1 Å². The van der Waals surface area contributed by atoms with Gasteiger partial charge < -0.3 is 14.9 Å². The lowest BCUT2D eigenvalue weighted by Gasteiger charge is -2.06. The van der Waals surface area contributed by atoms with E-state index < -0.39 is 6.16 Å². The summed E-state index contributed by atoms with van der Waals surface area (Å²) in [5, 5.41) is 18.0. The molecule has 0 radical (unpaired) electrons. The molecule has 1 aromatic rings. The van der Waals surface area contributed by atoms with Gasteiger partial charge in [-0.3, -0.25) is 0 Å². The first kappa shape index (κ1) is 11.1. The number of carbonyl (C=O) groups is 1. The summed E-state index contributed by atoms with van der Waals surface area (Å²) in [6, 6.07) is 4.81. The maximum Gasteiger partial charge on any atom is 0.511 e. The third kappa shape index (κ3) is 2.76. The van der Waals surface area contributed by atoms with E-state index in [0.717, 1.165) is 4.43 Å². The first-order valence-electron chi connectivity index (χ1n) is 3.92. The molecule has 0 bridgehead atoms. The molecular formula is C9H9IO4. The molecule has 2 N–H and O–H groups in total. The average Bonchev–Trinajstić information content (AvgIpc) is 2.11. The molecule has 76 valence electrons. The third-order valence-electron chi connectivity index (χ3n) is 1.64. The summed E-state index contributed by atoms with van der Waals surface area (Å²) in [5.41, 5.74) is 0.693. The molecule has 1 aromatic carbocycles. The molecule has 0 fully saturated rings. The number of ether oxygens (including phenoxy) is 1. The van der Waals surface area contributed by atoms with Gasteiger partial charge in [-0.05, 0) is 18.1 Å². The largest absolute Gasteiger partial charge is 0.511 e. The van der Waals surface area contributed by atoms with Gasteiger partial charge in [-0.25, -0.2) is 4.79 Å². The number of hydrogen-bond acceptors (Lipinski definition) is 3. The number of halogens is 1. The Bertz CT molecular complexity index is 338. The predicted octanol–water partition coefficient (Wildman–Crippen LogP) is 2.43. The highest BCUT2D eigenvalue weighted by atomic mass is 127. The quantitative estimate of drug-likeness (QED) is 0.389. The Morgan fingerprint density at radius 3 is 2.79 bits per heavy atom. The van der Waals surface area contributed by atoms with E-state index in [1.165, 1.54) is 6.07 Å². The minimum absolute atomic E-state index is 0.0140. The summed E-state index contributed by atoms with van der Waals surface area (Å²) in [6.07, 6.45) is -0.740. The van der Waals surface area contributed by atoms with Crippen LogP contribution in [0.3, 0.4) is 0 Å². The van der Waals surface area contributed by atoms with Crippen molar-refractivity contribution in [2.75, 3.05) is 4.43 Å². The molecule has 0 spiro atoms. The second-order valence-electron chi connectivity index (χ2n) is 2.57. The molecule has 0 heterocycles. The smallest absolute Gasteiger partial charge is 0.504 e. The van der Waals surface area contributed by atoms with Crippen LogP contribution < -0.4 is 4.74 Å². The third-order valence-corrected chi connectivity index (χ3v) is 2.18. The molecule has 0 atom stereocenters. The van der Waals surface area contributed by atoms with Crippen LogP contribution in [0.1, 0.15) is 5.56 Å². The topological polar surface area (TPSA) is 66.8 Å². The Hall–Kier alpha value is -0.980. The van der Waals surface area contributed by atoms with Crippen LogP contribution in [-0.4, -0.2) is 20.8 Å². The molecule has 1 rings (SSSR count). The monoisotopic (exact) mass is 308 g/mol. The summed E-state index contributed by atoms with van der Waals surface area (Å²) in [6.45, 7) is 0. The molecule has 0 amide bonds. The van der Waals surface area contributed by atoms with Crippen molar-refractivity contribution >= 4 is 28.7 Å². The Morgan fingerprint density at radius 2 is 2.21 bits per heavy atom. The zero-order valence-corrected chi connectivity index (χ0v) is 9.39. The molecule has 5 heteroatoms. The molecular weight excluding hydrogens is 299 g/mol. The van der Waals surface area contributed by atoms with Crippen LogP contribution in [0.25, 0.3) is 0 Å². The highest BCUT2D eigenvalue weighted by Gasteiger charge is 2.10. The minimum Gasteiger partial charge on any atom is -0.504 e. The summed E-state index contributed by atoms with van der Waals surface area (Å²) in [5.74, 6) is -0.105. The van der Waals surface area contributed by atoms with Gasteiger partial charge in [0.05, 0.1) is 0 Å². The van der Waals surface area contributed by atoms with Gasteiger partial charge in [0.15, 0.2) is 11.5 Å². The highest BCUT2D eigenvalue weighted by molar-refractivity contribution is 14.1. The van der Waals surface area contributed by atoms with Crippen molar-refractivity contribution in [1.29, 1.82) is 0 Å². The van der Waals surface area contributed by atoms with E-state index in [1.807, 2.05) is 0 Å². The zero-order valence-electron chi connectivity index (χ0n) is 7.24. The van der Waals surface area contributed by atoms with E-state index in [0.29, 0.717) is 12.0 Å². The molecule has 14 heavy (non-hydrogen) atoms. The standard InChI is InChI=1S/C9H9IO4/c10-5-4-6-2-1-3-7(8(6)11)14-9(12)13/h1-3,11H,4-5H2,(H,12,13). The lowest BCUT2D eigenvalue weighted by Crippen LogP contribution is -2.03. The van der Waals surface area contributed by atoms with Crippen LogP contribution in [0.15, 0.2) is 18.2 Å². The SMILES string of the molecule is O=C(O)Oc1cccc(CCI)c1O. The van der Waals surface area contributed by atoms with Crippen LogP contribution in [-0.2, 0) is 6.42 Å². The maximum atomic E-state index is 10.3. The van der Waals surface area contributed by atoms with Crippen molar-refractivity contribution < 1.29 is 19.7 Å². The van der Waals surface area contributed by atoms with E-state index in [-0.39, 0.29) is 11.5 Å². The summed E-state index contributed by atoms with van der Waals surface area (Å²) in [4.78, 5) is 10.3. The van der Waals surface area contributed by atoms with E-state index in [4.69, 9.17) is 5.11 Å². The summed E-state index contributed by atoms with van der Waals surface area (Å²) >= 11 is 2.18. The van der Waals surface area contributed by atoms with Crippen LogP contribution in [0.4, 0.5) is 4.79 Å². The Balaban J connectivity index is 2.94. The molecule has 0 saturated heterocycles. The first-order chi connectivity index (χ1) is 6.65. The number of aromatic hydroxyl groups is 1. The van der Waals surface area contributed by atoms with Crippen LogP contribution >= 0.6 is 22.6 Å². The van der Waals surface area contributed by atoms with Crippen molar-refractivity contribution in [2.45, 2.75) is 6.42 Å². The number of para-hydroxylation sites is 1. The highest BCUT2D eigenvalue weighted by Crippen LogP contribution is 2.30. The van der Waals surface area contributed by atoms with E-state index >= 15 is 0 Å². The second kappa shape index (κ2) is 5.04. The zero-order chi connectivity index (χ0) is 10.6. The number of phenolic OH excluding ortho intramolecular Hbond substituents is 1. The molecule has 0 aliphatic carbocycles. The average molecular weight is 308 g/mol. The normalized spacial score (nSPS) is 9.79. The van der Waals surface area contributed by atoms with Crippen molar-refractivity contribution in [3.05, 3.63) is 23.8 Å². The van der Waals surface area contributed by atoms with Crippen LogP contribution in [0.5, 0.6) is 11.5 Å². The van der Waals surface area contributed by atoms with Gasteiger partial charge in [0.25, 0.3) is 0 Å². The number of alkyl halides is 1. The molecule has 0 aromatic heterocycles. The number of phenols is 1. The van der Waals surface area contributed by atoms with Gasteiger partial charge in [-0.2, -0.15) is 0 Å². The van der Waals surface area contributed by atoms with Gasteiger partial charge in [0, 0.05) is 4.43 Å². The number of carboxylic acid groups (broad SMARTS) is 1. The van der Waals surface area contributed by atoms with Gasteiger partial charge in [0.1, 0.15) is 0 Å². The van der Waals surface area contributed by atoms with Crippen LogP contribution in [0.2, 0.25) is 0 Å². The molecule has 0 unspecified atom stereocenters. The maximum absolute atomic E-state index is 10.3. The summed E-state index contributed by atoms with van der Waals surface area (Å²) < 4.78 is 5.25. The Labute approximate surface area is 94.7 Å². The lowest BCUT2D eigenvalue weighted by atomic mass is 10.1. The number of rotatable bonds is 3.